The highest BCUT2D eigenvalue weighted by atomic mass is 16.3. The summed E-state index contributed by atoms with van der Waals surface area (Å²) in [6.07, 6.45) is 20.0. The SMILES string of the molecule is C#C.CC.CC(O)CCC1CCN(c2ccccn2)CC1.CN.CN(C)C.Cc1ccc2c(c1)CCCN2CCc1c[nH]c2ccccc12. The van der Waals surface area contributed by atoms with E-state index in [1.165, 1.54) is 72.6 Å². The molecule has 1 atom stereocenters. The molecule has 1 fully saturated rings. The van der Waals surface area contributed by atoms with Gasteiger partial charge in [-0.3, -0.25) is 0 Å². The molecule has 2 aliphatic heterocycles. The van der Waals surface area contributed by atoms with Crippen molar-refractivity contribution in [3.8, 4) is 12.8 Å². The van der Waals surface area contributed by atoms with Crippen molar-refractivity contribution >= 4 is 22.4 Å². The van der Waals surface area contributed by atoms with E-state index in [1.807, 2.05) is 65.1 Å². The van der Waals surface area contributed by atoms with E-state index in [0.29, 0.717) is 0 Å². The zero-order valence-electron chi connectivity index (χ0n) is 31.8. The van der Waals surface area contributed by atoms with E-state index < -0.39 is 0 Å². The number of nitrogens with two attached hydrogens (primary N) is 1. The smallest absolute Gasteiger partial charge is 0.128 e. The molecule has 0 saturated carbocycles. The summed E-state index contributed by atoms with van der Waals surface area (Å²) in [6.45, 7) is 12.5. The van der Waals surface area contributed by atoms with Crippen molar-refractivity contribution in [2.45, 2.75) is 78.7 Å². The van der Waals surface area contributed by atoms with Crippen LogP contribution in [0.15, 0.2) is 73.1 Å². The number of aromatic amines is 1. The van der Waals surface area contributed by atoms with Gasteiger partial charge in [0.1, 0.15) is 5.82 Å². The molecule has 0 amide bonds. The molecule has 0 radical (unpaired) electrons. The maximum atomic E-state index is 9.29. The minimum atomic E-state index is -0.149. The van der Waals surface area contributed by atoms with Gasteiger partial charge in [-0.15, -0.1) is 12.8 Å². The van der Waals surface area contributed by atoms with Gasteiger partial charge in [-0.2, -0.15) is 0 Å². The van der Waals surface area contributed by atoms with Crippen LogP contribution >= 0.6 is 0 Å². The molecule has 4 N–H and O–H groups in total. The summed E-state index contributed by atoms with van der Waals surface area (Å²) in [4.78, 5) is 14.7. The second-order valence-electron chi connectivity index (χ2n) is 12.7. The fourth-order valence-electron chi connectivity index (χ4n) is 6.10. The largest absolute Gasteiger partial charge is 0.393 e. The van der Waals surface area contributed by atoms with Crippen molar-refractivity contribution in [1.29, 1.82) is 0 Å². The van der Waals surface area contributed by atoms with Crippen LogP contribution in [0, 0.1) is 25.7 Å². The lowest BCUT2D eigenvalue weighted by molar-refractivity contribution is 0.169. The van der Waals surface area contributed by atoms with Crippen molar-refractivity contribution < 1.29 is 5.11 Å². The number of rotatable bonds is 7. The monoisotopic (exact) mass is 671 g/mol. The number of hydrogen-bond acceptors (Lipinski definition) is 6. The van der Waals surface area contributed by atoms with Gasteiger partial charge in [-0.05, 0) is 128 Å². The number of pyridine rings is 1. The number of aromatic nitrogens is 2. The quantitative estimate of drug-likeness (QED) is 0.173. The number of para-hydroxylation sites is 1. The molecule has 4 heterocycles. The molecular formula is C42H66N6O. The Morgan fingerprint density at radius 2 is 1.63 bits per heavy atom. The average molecular weight is 671 g/mol. The highest BCUT2D eigenvalue weighted by Crippen LogP contribution is 2.29. The second-order valence-corrected chi connectivity index (χ2v) is 12.7. The fourth-order valence-corrected chi connectivity index (χ4v) is 6.10. The predicted molar refractivity (Wildman–Crippen MR) is 215 cm³/mol. The Labute approximate surface area is 298 Å². The van der Waals surface area contributed by atoms with Gasteiger partial charge < -0.3 is 30.5 Å². The molecule has 4 aromatic rings. The van der Waals surface area contributed by atoms with Crippen LogP contribution in [-0.4, -0.2) is 80.4 Å². The van der Waals surface area contributed by atoms with Crippen molar-refractivity contribution in [3.63, 3.8) is 0 Å². The van der Waals surface area contributed by atoms with Gasteiger partial charge in [-0.25, -0.2) is 4.98 Å². The van der Waals surface area contributed by atoms with Crippen LogP contribution in [0.5, 0.6) is 0 Å². The third-order valence-corrected chi connectivity index (χ3v) is 8.36. The third kappa shape index (κ3) is 15.5. The number of nitrogens with zero attached hydrogens (tertiary/aromatic N) is 4. The lowest BCUT2D eigenvalue weighted by Gasteiger charge is -2.33. The first kappa shape index (κ1) is 43.2. The number of H-pyrrole nitrogens is 1. The van der Waals surface area contributed by atoms with Crippen LogP contribution < -0.4 is 15.5 Å². The third-order valence-electron chi connectivity index (χ3n) is 8.36. The lowest BCUT2D eigenvalue weighted by Crippen LogP contribution is -2.34. The van der Waals surface area contributed by atoms with E-state index in [9.17, 15) is 5.11 Å². The molecule has 1 saturated heterocycles. The number of aryl methyl sites for hydroxylation is 2. The zero-order valence-corrected chi connectivity index (χ0v) is 31.8. The van der Waals surface area contributed by atoms with E-state index in [-0.39, 0.29) is 6.10 Å². The first-order chi connectivity index (χ1) is 23.8. The van der Waals surface area contributed by atoms with Crippen LogP contribution in [0.2, 0.25) is 0 Å². The molecule has 7 heteroatoms. The Balaban J connectivity index is 0.000000397. The maximum absolute atomic E-state index is 9.29. The van der Waals surface area contributed by atoms with Crippen molar-refractivity contribution in [1.82, 2.24) is 14.9 Å². The lowest BCUT2D eigenvalue weighted by atomic mass is 9.91. The van der Waals surface area contributed by atoms with Gasteiger partial charge in [0.25, 0.3) is 0 Å². The van der Waals surface area contributed by atoms with Crippen molar-refractivity contribution in [2.24, 2.45) is 11.7 Å². The number of anilines is 2. The van der Waals surface area contributed by atoms with E-state index in [1.54, 1.807) is 0 Å². The van der Waals surface area contributed by atoms with E-state index in [0.717, 1.165) is 50.6 Å². The van der Waals surface area contributed by atoms with Crippen molar-refractivity contribution in [3.05, 3.63) is 89.7 Å². The molecule has 0 aliphatic carbocycles. The number of piperidine rings is 1. The van der Waals surface area contributed by atoms with E-state index in [4.69, 9.17) is 0 Å². The molecule has 2 aromatic heterocycles. The number of terminal acetylenes is 1. The Kier molecular flexibility index (Phi) is 22.2. The highest BCUT2D eigenvalue weighted by molar-refractivity contribution is 5.83. The minimum absolute atomic E-state index is 0.149. The molecular weight excluding hydrogens is 605 g/mol. The fraction of sp³-hybridized carbons (Fsp3) is 0.500. The number of benzene rings is 2. The standard InChI is InChI=1S/C20H22N2.C14H22N2O.C3H9N.C2H6.C2H2.CH5N/c1-15-8-9-20-16(13-15)5-4-11-22(20)12-10-17-14-21-19-7-3-2-6-18(17)19;1-12(17)5-6-13-7-10-16(11-8-13)14-4-2-3-9-15-14;1-4(2)3;3*1-2/h2-3,6-9,13-14,21H,4-5,10-12H2,1H3;2-4,9,12-13,17H,5-8,10-11H2,1H3;1-3H3;1-2H3;1-2H;2H2,1H3. The van der Waals surface area contributed by atoms with Gasteiger partial charge in [-0.1, -0.05) is 55.8 Å². The first-order valence-corrected chi connectivity index (χ1v) is 18.1. The van der Waals surface area contributed by atoms with Crippen LogP contribution in [0.1, 0.15) is 69.6 Å². The van der Waals surface area contributed by atoms with Crippen LogP contribution in [0.3, 0.4) is 0 Å². The van der Waals surface area contributed by atoms with E-state index >= 15 is 0 Å². The summed E-state index contributed by atoms with van der Waals surface area (Å²) in [7, 11) is 7.50. The Morgan fingerprint density at radius 3 is 2.27 bits per heavy atom. The molecule has 0 spiro atoms. The Hall–Kier alpha value is -3.83. The van der Waals surface area contributed by atoms with E-state index in [2.05, 4.69) is 100.0 Å². The second kappa shape index (κ2) is 25.2. The van der Waals surface area contributed by atoms with Crippen LogP contribution in [0.25, 0.3) is 10.9 Å². The number of hydrogen-bond donors (Lipinski definition) is 3. The molecule has 49 heavy (non-hydrogen) atoms. The normalized spacial score (nSPS) is 14.1. The Bertz CT molecular complexity index is 1400. The van der Waals surface area contributed by atoms with Gasteiger partial charge in [0.2, 0.25) is 0 Å². The number of aliphatic hydroxyl groups excluding tert-OH is 1. The summed E-state index contributed by atoms with van der Waals surface area (Å²) < 4.78 is 0. The summed E-state index contributed by atoms with van der Waals surface area (Å²) in [5.41, 5.74) is 11.5. The molecule has 0 bridgehead atoms. The average Bonchev–Trinajstić information content (AvgIpc) is 3.56. The Morgan fingerprint density at radius 1 is 0.980 bits per heavy atom. The summed E-state index contributed by atoms with van der Waals surface area (Å²) >= 11 is 0. The minimum Gasteiger partial charge on any atom is -0.393 e. The van der Waals surface area contributed by atoms with Crippen LogP contribution in [-0.2, 0) is 12.8 Å². The molecule has 2 aromatic carbocycles. The number of aliphatic hydroxyl groups is 1. The molecule has 7 nitrogen and oxygen atoms in total. The van der Waals surface area contributed by atoms with Crippen LogP contribution in [0.4, 0.5) is 11.5 Å². The van der Waals surface area contributed by atoms with Crippen molar-refractivity contribution in [2.75, 3.05) is 64.2 Å². The zero-order chi connectivity index (χ0) is 36.6. The first-order valence-electron chi connectivity index (χ1n) is 18.1. The summed E-state index contributed by atoms with van der Waals surface area (Å²) in [6, 6.07) is 21.6. The predicted octanol–water partition coefficient (Wildman–Crippen LogP) is 7.96. The summed E-state index contributed by atoms with van der Waals surface area (Å²) in [5.74, 6) is 1.88. The number of nitrogens with one attached hydrogen (secondary N) is 1. The topological polar surface area (TPSA) is 84.6 Å². The molecule has 6 rings (SSSR count). The molecule has 2 aliphatic rings. The number of fused-ring (bicyclic) bond motifs is 2. The molecule has 270 valence electrons. The maximum Gasteiger partial charge on any atom is 0.128 e. The van der Waals surface area contributed by atoms with Gasteiger partial charge in [0.05, 0.1) is 6.10 Å². The summed E-state index contributed by atoms with van der Waals surface area (Å²) in [5, 5.41) is 10.7. The molecule has 1 unspecified atom stereocenters. The highest BCUT2D eigenvalue weighted by Gasteiger charge is 2.20. The van der Waals surface area contributed by atoms with Gasteiger partial charge >= 0.3 is 0 Å². The van der Waals surface area contributed by atoms with Gasteiger partial charge in [0.15, 0.2) is 0 Å². The van der Waals surface area contributed by atoms with Gasteiger partial charge in [0, 0.05) is 55.2 Å².